The highest BCUT2D eigenvalue weighted by molar-refractivity contribution is 5.82. The maximum absolute atomic E-state index is 11.8. The number of carbonyl (C=O) groups is 1. The third-order valence-electron chi connectivity index (χ3n) is 2.73. The third kappa shape index (κ3) is 2.36. The normalized spacial score (nSPS) is 21.8. The van der Waals surface area contributed by atoms with Crippen LogP contribution in [0.3, 0.4) is 0 Å². The summed E-state index contributed by atoms with van der Waals surface area (Å²) < 4.78 is 0. The number of benzene rings is 1. The minimum absolute atomic E-state index is 0.0394. The van der Waals surface area contributed by atoms with E-state index in [9.17, 15) is 4.79 Å². The van der Waals surface area contributed by atoms with E-state index in [2.05, 4.69) is 17.4 Å². The maximum atomic E-state index is 11.8. The molecule has 3 nitrogen and oxygen atoms in total. The average Bonchev–Trinajstić information content (AvgIpc) is 2.26. The van der Waals surface area contributed by atoms with Crippen molar-refractivity contribution in [2.24, 2.45) is 0 Å². The van der Waals surface area contributed by atoms with Gasteiger partial charge in [-0.2, -0.15) is 0 Å². The standard InChI is InChI=1S/C12H16N2O/c1-10-12(15)14(8-7-13-10)9-11-5-3-2-4-6-11/h2-6,10,13H,7-9H2,1H3. The van der Waals surface area contributed by atoms with Crippen molar-refractivity contribution in [2.45, 2.75) is 19.5 Å². The molecule has 1 amide bonds. The van der Waals surface area contributed by atoms with Gasteiger partial charge in [-0.15, -0.1) is 0 Å². The summed E-state index contributed by atoms with van der Waals surface area (Å²) in [5, 5.41) is 3.16. The summed E-state index contributed by atoms with van der Waals surface area (Å²) in [5.41, 5.74) is 1.19. The molecule has 1 aromatic rings. The number of hydrogen-bond donors (Lipinski definition) is 1. The Morgan fingerprint density at radius 3 is 2.87 bits per heavy atom. The van der Waals surface area contributed by atoms with Crippen LogP contribution in [0.2, 0.25) is 0 Å². The smallest absolute Gasteiger partial charge is 0.239 e. The van der Waals surface area contributed by atoms with Crippen LogP contribution in [-0.2, 0) is 11.3 Å². The molecule has 1 aromatic carbocycles. The predicted octanol–water partition coefficient (Wildman–Crippen LogP) is 1.01. The van der Waals surface area contributed by atoms with E-state index in [1.54, 1.807) is 0 Å². The largest absolute Gasteiger partial charge is 0.336 e. The lowest BCUT2D eigenvalue weighted by atomic mass is 10.1. The van der Waals surface area contributed by atoms with E-state index in [1.165, 1.54) is 5.56 Å². The molecule has 0 aromatic heterocycles. The van der Waals surface area contributed by atoms with E-state index in [1.807, 2.05) is 30.0 Å². The monoisotopic (exact) mass is 204 g/mol. The molecule has 80 valence electrons. The van der Waals surface area contributed by atoms with Gasteiger partial charge in [0.25, 0.3) is 0 Å². The van der Waals surface area contributed by atoms with Gasteiger partial charge in [-0.05, 0) is 12.5 Å². The maximum Gasteiger partial charge on any atom is 0.239 e. The van der Waals surface area contributed by atoms with Crippen LogP contribution in [0.1, 0.15) is 12.5 Å². The Balaban J connectivity index is 2.03. The Morgan fingerprint density at radius 2 is 2.13 bits per heavy atom. The molecule has 0 bridgehead atoms. The van der Waals surface area contributed by atoms with Crippen LogP contribution in [0.5, 0.6) is 0 Å². The van der Waals surface area contributed by atoms with Gasteiger partial charge in [0.2, 0.25) is 5.91 Å². The van der Waals surface area contributed by atoms with Gasteiger partial charge in [0, 0.05) is 19.6 Å². The second-order valence-electron chi connectivity index (χ2n) is 3.92. The third-order valence-corrected chi connectivity index (χ3v) is 2.73. The van der Waals surface area contributed by atoms with Crippen LogP contribution in [-0.4, -0.2) is 29.9 Å². The van der Waals surface area contributed by atoms with Gasteiger partial charge >= 0.3 is 0 Å². The minimum Gasteiger partial charge on any atom is -0.336 e. The van der Waals surface area contributed by atoms with Gasteiger partial charge < -0.3 is 10.2 Å². The summed E-state index contributed by atoms with van der Waals surface area (Å²) in [6.07, 6.45) is 0. The Labute approximate surface area is 90.1 Å². The van der Waals surface area contributed by atoms with Crippen LogP contribution >= 0.6 is 0 Å². The number of amides is 1. The van der Waals surface area contributed by atoms with E-state index in [0.717, 1.165) is 19.6 Å². The van der Waals surface area contributed by atoms with Crippen molar-refractivity contribution in [3.8, 4) is 0 Å². The first-order valence-electron chi connectivity index (χ1n) is 5.33. The second-order valence-corrected chi connectivity index (χ2v) is 3.92. The molecule has 1 fully saturated rings. The Kier molecular flexibility index (Phi) is 3.02. The summed E-state index contributed by atoms with van der Waals surface area (Å²) in [6, 6.07) is 10.1. The molecule has 0 saturated carbocycles. The highest BCUT2D eigenvalue weighted by Crippen LogP contribution is 2.08. The fraction of sp³-hybridized carbons (Fsp3) is 0.417. The van der Waals surface area contributed by atoms with Crippen LogP contribution in [0.15, 0.2) is 30.3 Å². The van der Waals surface area contributed by atoms with Crippen molar-refractivity contribution in [3.05, 3.63) is 35.9 Å². The molecule has 0 aliphatic carbocycles. The molecular formula is C12H16N2O. The molecule has 1 heterocycles. The Morgan fingerprint density at radius 1 is 1.40 bits per heavy atom. The van der Waals surface area contributed by atoms with Gasteiger partial charge in [-0.25, -0.2) is 0 Å². The Hall–Kier alpha value is -1.35. The SMILES string of the molecule is CC1NCCN(Cc2ccccc2)C1=O. The quantitative estimate of drug-likeness (QED) is 0.779. The topological polar surface area (TPSA) is 32.3 Å². The van der Waals surface area contributed by atoms with Crippen molar-refractivity contribution in [3.63, 3.8) is 0 Å². The van der Waals surface area contributed by atoms with E-state index < -0.39 is 0 Å². The van der Waals surface area contributed by atoms with E-state index in [0.29, 0.717) is 0 Å². The summed E-state index contributed by atoms with van der Waals surface area (Å²) >= 11 is 0. The minimum atomic E-state index is -0.0394. The molecule has 3 heteroatoms. The highest BCUT2D eigenvalue weighted by atomic mass is 16.2. The molecule has 1 unspecified atom stereocenters. The molecule has 1 N–H and O–H groups in total. The van der Waals surface area contributed by atoms with Gasteiger partial charge in [0.15, 0.2) is 0 Å². The predicted molar refractivity (Wildman–Crippen MR) is 59.3 cm³/mol. The molecular weight excluding hydrogens is 188 g/mol. The number of carbonyl (C=O) groups excluding carboxylic acids is 1. The number of rotatable bonds is 2. The van der Waals surface area contributed by atoms with Crippen LogP contribution < -0.4 is 5.32 Å². The lowest BCUT2D eigenvalue weighted by Crippen LogP contribution is -2.53. The van der Waals surface area contributed by atoms with Gasteiger partial charge in [0.05, 0.1) is 6.04 Å². The van der Waals surface area contributed by atoms with Crippen molar-refractivity contribution < 1.29 is 4.79 Å². The summed E-state index contributed by atoms with van der Waals surface area (Å²) in [7, 11) is 0. The van der Waals surface area contributed by atoms with Gasteiger partial charge in [0.1, 0.15) is 0 Å². The first-order valence-corrected chi connectivity index (χ1v) is 5.33. The van der Waals surface area contributed by atoms with Crippen LogP contribution in [0, 0.1) is 0 Å². The first kappa shape index (κ1) is 10.2. The highest BCUT2D eigenvalue weighted by Gasteiger charge is 2.24. The van der Waals surface area contributed by atoms with E-state index in [4.69, 9.17) is 0 Å². The van der Waals surface area contributed by atoms with E-state index >= 15 is 0 Å². The zero-order valence-electron chi connectivity index (χ0n) is 8.94. The summed E-state index contributed by atoms with van der Waals surface area (Å²) in [4.78, 5) is 13.7. The van der Waals surface area contributed by atoms with Gasteiger partial charge in [-0.1, -0.05) is 30.3 Å². The molecule has 1 saturated heterocycles. The van der Waals surface area contributed by atoms with Crippen molar-refractivity contribution in [1.82, 2.24) is 10.2 Å². The first-order chi connectivity index (χ1) is 7.27. The fourth-order valence-electron chi connectivity index (χ4n) is 1.85. The molecule has 15 heavy (non-hydrogen) atoms. The molecule has 0 spiro atoms. The molecule has 0 radical (unpaired) electrons. The van der Waals surface area contributed by atoms with Crippen LogP contribution in [0.4, 0.5) is 0 Å². The zero-order valence-corrected chi connectivity index (χ0v) is 8.94. The van der Waals surface area contributed by atoms with Gasteiger partial charge in [-0.3, -0.25) is 4.79 Å². The Bertz CT molecular complexity index is 337. The number of hydrogen-bond acceptors (Lipinski definition) is 2. The molecule has 1 atom stereocenters. The van der Waals surface area contributed by atoms with Crippen LogP contribution in [0.25, 0.3) is 0 Å². The number of nitrogens with one attached hydrogen (secondary N) is 1. The lowest BCUT2D eigenvalue weighted by molar-refractivity contribution is -0.135. The van der Waals surface area contributed by atoms with E-state index in [-0.39, 0.29) is 11.9 Å². The second kappa shape index (κ2) is 4.45. The zero-order chi connectivity index (χ0) is 10.7. The average molecular weight is 204 g/mol. The molecule has 1 aliphatic rings. The number of nitrogens with zero attached hydrogens (tertiary/aromatic N) is 1. The molecule has 2 rings (SSSR count). The molecule has 1 aliphatic heterocycles. The number of piperazine rings is 1. The summed E-state index contributed by atoms with van der Waals surface area (Å²) in [6.45, 7) is 4.34. The van der Waals surface area contributed by atoms with Crippen molar-refractivity contribution in [1.29, 1.82) is 0 Å². The fourth-order valence-corrected chi connectivity index (χ4v) is 1.85. The van der Waals surface area contributed by atoms with Crippen molar-refractivity contribution >= 4 is 5.91 Å². The summed E-state index contributed by atoms with van der Waals surface area (Å²) in [5.74, 6) is 0.199. The lowest BCUT2D eigenvalue weighted by Gasteiger charge is -2.31. The van der Waals surface area contributed by atoms with Crippen molar-refractivity contribution in [2.75, 3.05) is 13.1 Å².